The van der Waals surface area contributed by atoms with E-state index in [0.717, 1.165) is 5.92 Å². The molecular weight excluding hydrogens is 252 g/mol. The van der Waals surface area contributed by atoms with Gasteiger partial charge in [-0.25, -0.2) is 4.98 Å². The number of aryl methyl sites for hydroxylation is 2. The zero-order valence-electron chi connectivity index (χ0n) is 12.8. The molecule has 1 aliphatic rings. The fourth-order valence-electron chi connectivity index (χ4n) is 3.40. The van der Waals surface area contributed by atoms with Crippen LogP contribution in [0.2, 0.25) is 0 Å². The van der Waals surface area contributed by atoms with Crippen LogP contribution in [0, 0.1) is 19.8 Å². The van der Waals surface area contributed by atoms with Crippen molar-refractivity contribution < 1.29 is 0 Å². The van der Waals surface area contributed by atoms with Gasteiger partial charge in [0, 0.05) is 17.0 Å². The summed E-state index contributed by atoms with van der Waals surface area (Å²) in [4.78, 5) is 5.96. The molecule has 1 fully saturated rings. The quantitative estimate of drug-likeness (QED) is 0.840. The van der Waals surface area contributed by atoms with Crippen molar-refractivity contribution >= 4 is 11.3 Å². The number of nitrogens with one attached hydrogen (secondary N) is 1. The predicted octanol–water partition coefficient (Wildman–Crippen LogP) is 4.77. The molecule has 0 aliphatic heterocycles. The molecule has 2 rings (SSSR count). The molecule has 1 aromatic rings. The van der Waals surface area contributed by atoms with Crippen molar-refractivity contribution in [1.82, 2.24) is 10.3 Å². The molecule has 1 atom stereocenters. The van der Waals surface area contributed by atoms with E-state index < -0.39 is 0 Å². The molecular formula is C16H28N2S. The minimum absolute atomic E-state index is 0.457. The molecule has 19 heavy (non-hydrogen) atoms. The average Bonchev–Trinajstić information content (AvgIpc) is 2.71. The molecule has 0 bridgehead atoms. The Balaban J connectivity index is 1.84. The van der Waals surface area contributed by atoms with E-state index >= 15 is 0 Å². The second-order valence-electron chi connectivity index (χ2n) is 6.08. The molecule has 1 unspecified atom stereocenters. The highest BCUT2D eigenvalue weighted by Crippen LogP contribution is 2.30. The van der Waals surface area contributed by atoms with Crippen molar-refractivity contribution in [2.24, 2.45) is 5.92 Å². The van der Waals surface area contributed by atoms with Crippen LogP contribution in [0.5, 0.6) is 0 Å². The van der Waals surface area contributed by atoms with E-state index in [9.17, 15) is 0 Å². The Hall–Kier alpha value is -0.410. The van der Waals surface area contributed by atoms with Crippen molar-refractivity contribution in [1.29, 1.82) is 0 Å². The molecule has 0 amide bonds. The van der Waals surface area contributed by atoms with E-state index in [2.05, 4.69) is 38.0 Å². The van der Waals surface area contributed by atoms with E-state index in [1.165, 1.54) is 54.1 Å². The van der Waals surface area contributed by atoms with Crippen LogP contribution < -0.4 is 5.32 Å². The first kappa shape index (κ1) is 15.0. The van der Waals surface area contributed by atoms with E-state index in [-0.39, 0.29) is 0 Å². The lowest BCUT2D eigenvalue weighted by molar-refractivity contribution is 0.267. The number of hydrogen-bond donors (Lipinski definition) is 1. The summed E-state index contributed by atoms with van der Waals surface area (Å²) < 4.78 is 0. The molecule has 1 N–H and O–H groups in total. The molecule has 1 saturated carbocycles. The summed E-state index contributed by atoms with van der Waals surface area (Å²) in [7, 11) is 0. The first-order valence-electron chi connectivity index (χ1n) is 7.80. The molecule has 1 aliphatic carbocycles. The van der Waals surface area contributed by atoms with Crippen molar-refractivity contribution in [3.8, 4) is 0 Å². The molecule has 0 radical (unpaired) electrons. The summed E-state index contributed by atoms with van der Waals surface area (Å²) in [6, 6.07) is 1.17. The summed E-state index contributed by atoms with van der Waals surface area (Å²) in [6.45, 7) is 8.83. The van der Waals surface area contributed by atoms with Gasteiger partial charge in [0.1, 0.15) is 0 Å². The minimum Gasteiger partial charge on any atom is -0.307 e. The number of rotatable bonds is 5. The van der Waals surface area contributed by atoms with Gasteiger partial charge in [-0.3, -0.25) is 0 Å². The third-order valence-electron chi connectivity index (χ3n) is 4.36. The summed E-state index contributed by atoms with van der Waals surface area (Å²) in [5.41, 5.74) is 1.21. The molecule has 0 aromatic carbocycles. The van der Waals surface area contributed by atoms with E-state index in [4.69, 9.17) is 0 Å². The van der Waals surface area contributed by atoms with Crippen molar-refractivity contribution in [3.05, 3.63) is 15.6 Å². The number of hydrogen-bond acceptors (Lipinski definition) is 3. The Morgan fingerprint density at radius 2 is 1.95 bits per heavy atom. The Morgan fingerprint density at radius 3 is 2.47 bits per heavy atom. The van der Waals surface area contributed by atoms with Crippen LogP contribution in [-0.2, 0) is 0 Å². The normalized spacial score (nSPS) is 25.5. The lowest BCUT2D eigenvalue weighted by atomic mass is 9.83. The van der Waals surface area contributed by atoms with Crippen molar-refractivity contribution in [3.63, 3.8) is 0 Å². The van der Waals surface area contributed by atoms with Crippen LogP contribution in [0.1, 0.15) is 74.0 Å². The second kappa shape index (κ2) is 6.85. The maximum Gasteiger partial charge on any atom is 0.0900 e. The second-order valence-corrected chi connectivity index (χ2v) is 7.31. The van der Waals surface area contributed by atoms with Gasteiger partial charge in [-0.2, -0.15) is 0 Å². The van der Waals surface area contributed by atoms with Crippen LogP contribution in [0.25, 0.3) is 0 Å². The van der Waals surface area contributed by atoms with Crippen molar-refractivity contribution in [2.75, 3.05) is 0 Å². The molecule has 3 heteroatoms. The maximum atomic E-state index is 4.54. The highest BCUT2D eigenvalue weighted by molar-refractivity contribution is 7.11. The Labute approximate surface area is 122 Å². The van der Waals surface area contributed by atoms with Gasteiger partial charge in [0.25, 0.3) is 0 Å². The average molecular weight is 280 g/mol. The van der Waals surface area contributed by atoms with Gasteiger partial charge >= 0.3 is 0 Å². The van der Waals surface area contributed by atoms with Crippen molar-refractivity contribution in [2.45, 2.75) is 78.3 Å². The summed E-state index contributed by atoms with van der Waals surface area (Å²) in [5, 5.41) is 5.01. The maximum absolute atomic E-state index is 4.54. The van der Waals surface area contributed by atoms with E-state index in [1.54, 1.807) is 0 Å². The fraction of sp³-hybridized carbons (Fsp3) is 0.812. The van der Waals surface area contributed by atoms with Gasteiger partial charge in [-0.15, -0.1) is 11.3 Å². The van der Waals surface area contributed by atoms with Gasteiger partial charge in [0.15, 0.2) is 0 Å². The zero-order chi connectivity index (χ0) is 13.8. The molecule has 1 heterocycles. The Kier molecular flexibility index (Phi) is 5.40. The highest BCUT2D eigenvalue weighted by atomic mass is 32.1. The van der Waals surface area contributed by atoms with E-state index in [1.807, 2.05) is 11.3 Å². The summed E-state index contributed by atoms with van der Waals surface area (Å²) in [6.07, 6.45) is 8.31. The predicted molar refractivity (Wildman–Crippen MR) is 83.8 cm³/mol. The van der Waals surface area contributed by atoms with Crippen LogP contribution in [0.4, 0.5) is 0 Å². The Morgan fingerprint density at radius 1 is 1.26 bits per heavy atom. The van der Waals surface area contributed by atoms with Gasteiger partial charge in [0.2, 0.25) is 0 Å². The largest absolute Gasteiger partial charge is 0.307 e. The van der Waals surface area contributed by atoms with Gasteiger partial charge < -0.3 is 5.32 Å². The summed E-state index contributed by atoms with van der Waals surface area (Å²) >= 11 is 1.85. The topological polar surface area (TPSA) is 24.9 Å². The molecule has 2 nitrogen and oxygen atoms in total. The third-order valence-corrected chi connectivity index (χ3v) is 5.62. The zero-order valence-corrected chi connectivity index (χ0v) is 13.6. The molecule has 0 saturated heterocycles. The minimum atomic E-state index is 0.457. The van der Waals surface area contributed by atoms with Crippen LogP contribution in [0.3, 0.4) is 0 Å². The van der Waals surface area contributed by atoms with Crippen LogP contribution in [0.15, 0.2) is 0 Å². The van der Waals surface area contributed by atoms with Gasteiger partial charge in [-0.05, 0) is 52.4 Å². The first-order valence-corrected chi connectivity index (χ1v) is 8.61. The van der Waals surface area contributed by atoms with E-state index in [0.29, 0.717) is 12.1 Å². The van der Waals surface area contributed by atoms with Gasteiger partial charge in [0.05, 0.1) is 10.7 Å². The number of thiazole rings is 1. The first-order chi connectivity index (χ1) is 9.10. The van der Waals surface area contributed by atoms with Gasteiger partial charge in [-0.1, -0.05) is 19.8 Å². The smallest absolute Gasteiger partial charge is 0.0900 e. The fourth-order valence-corrected chi connectivity index (χ4v) is 4.34. The lowest BCUT2D eigenvalue weighted by Gasteiger charge is -2.31. The molecule has 0 spiro atoms. The third kappa shape index (κ3) is 4.03. The van der Waals surface area contributed by atoms with Crippen LogP contribution >= 0.6 is 11.3 Å². The SMILES string of the molecule is CCCC1CCC(NC(C)c2sc(C)nc2C)CC1. The van der Waals surface area contributed by atoms with Crippen LogP contribution in [-0.4, -0.2) is 11.0 Å². The lowest BCUT2D eigenvalue weighted by Crippen LogP contribution is -2.34. The molecule has 1 aromatic heterocycles. The Bertz CT molecular complexity index is 391. The number of aromatic nitrogens is 1. The number of nitrogens with zero attached hydrogens (tertiary/aromatic N) is 1. The summed E-state index contributed by atoms with van der Waals surface area (Å²) in [5.74, 6) is 0.991. The molecule has 108 valence electrons. The highest BCUT2D eigenvalue weighted by Gasteiger charge is 2.23. The monoisotopic (exact) mass is 280 g/mol. The standard InChI is InChI=1S/C16H28N2S/c1-5-6-14-7-9-15(10-8-14)18-12(3)16-11(2)17-13(4)19-16/h12,14-15,18H,5-10H2,1-4H3.